The highest BCUT2D eigenvalue weighted by Gasteiger charge is 2.03. The van der Waals surface area contributed by atoms with Crippen LogP contribution in [-0.2, 0) is 0 Å². The van der Waals surface area contributed by atoms with E-state index in [1.165, 1.54) is 6.20 Å². The number of carbonyl (C=O) groups is 1. The molecule has 2 rings (SSSR count). The third-order valence-corrected chi connectivity index (χ3v) is 2.55. The maximum Gasteiger partial charge on any atom is 0.251 e. The number of carbonyl (C=O) groups excluding carboxylic acids is 1. The predicted molar refractivity (Wildman–Crippen MR) is 74.0 cm³/mol. The summed E-state index contributed by atoms with van der Waals surface area (Å²) in [6.07, 6.45) is 4.65. The number of anilines is 1. The molecule has 0 aliphatic carbocycles. The van der Waals surface area contributed by atoms with E-state index in [1.807, 2.05) is 6.07 Å². The molecule has 0 aliphatic rings. The van der Waals surface area contributed by atoms with E-state index in [0.29, 0.717) is 30.0 Å². The molecule has 2 aromatic rings. The van der Waals surface area contributed by atoms with Gasteiger partial charge in [0.15, 0.2) is 0 Å². The Balaban J connectivity index is 1.74. The quantitative estimate of drug-likeness (QED) is 0.794. The van der Waals surface area contributed by atoms with E-state index in [1.54, 1.807) is 36.7 Å². The van der Waals surface area contributed by atoms with E-state index in [-0.39, 0.29) is 5.91 Å². The molecule has 0 unspecified atom stereocenters. The van der Waals surface area contributed by atoms with Gasteiger partial charge in [-0.25, -0.2) is 4.98 Å². The second-order valence-electron chi connectivity index (χ2n) is 3.96. The van der Waals surface area contributed by atoms with Crippen molar-refractivity contribution in [2.24, 2.45) is 0 Å². The van der Waals surface area contributed by atoms with Crippen LogP contribution < -0.4 is 10.6 Å². The first-order valence-corrected chi connectivity index (χ1v) is 6.08. The first kappa shape index (κ1) is 13.5. The lowest BCUT2D eigenvalue weighted by molar-refractivity contribution is 0.0955. The Hall–Kier alpha value is -2.94. The summed E-state index contributed by atoms with van der Waals surface area (Å²) < 4.78 is 0. The van der Waals surface area contributed by atoms with Crippen LogP contribution in [0.3, 0.4) is 0 Å². The Labute approximate surface area is 116 Å². The number of pyridine rings is 2. The molecule has 20 heavy (non-hydrogen) atoms. The molecule has 0 radical (unpaired) electrons. The zero-order chi connectivity index (χ0) is 14.2. The van der Waals surface area contributed by atoms with Gasteiger partial charge in [-0.1, -0.05) is 0 Å². The minimum Gasteiger partial charge on any atom is -0.368 e. The molecule has 2 N–H and O–H groups in total. The van der Waals surface area contributed by atoms with Gasteiger partial charge >= 0.3 is 0 Å². The number of hydrogen-bond donors (Lipinski definition) is 2. The summed E-state index contributed by atoms with van der Waals surface area (Å²) in [7, 11) is 0. The SMILES string of the molecule is N#Cc1ccc(NCCNC(=O)c2ccncc2)nc1. The van der Waals surface area contributed by atoms with Crippen molar-refractivity contribution in [2.75, 3.05) is 18.4 Å². The van der Waals surface area contributed by atoms with Crippen LogP contribution in [0.25, 0.3) is 0 Å². The zero-order valence-electron chi connectivity index (χ0n) is 10.7. The third-order valence-electron chi connectivity index (χ3n) is 2.55. The van der Waals surface area contributed by atoms with Gasteiger partial charge in [-0.2, -0.15) is 5.26 Å². The van der Waals surface area contributed by atoms with E-state index < -0.39 is 0 Å². The molecular formula is C14H13N5O. The van der Waals surface area contributed by atoms with Gasteiger partial charge in [-0.15, -0.1) is 0 Å². The van der Waals surface area contributed by atoms with Gasteiger partial charge in [0.05, 0.1) is 5.56 Å². The van der Waals surface area contributed by atoms with Crippen LogP contribution in [0.1, 0.15) is 15.9 Å². The molecule has 0 aliphatic heterocycles. The van der Waals surface area contributed by atoms with Crippen molar-refractivity contribution in [3.05, 3.63) is 54.0 Å². The molecule has 1 amide bonds. The molecule has 0 saturated heterocycles. The molecule has 6 nitrogen and oxygen atoms in total. The van der Waals surface area contributed by atoms with Crippen molar-refractivity contribution in [3.63, 3.8) is 0 Å². The number of nitrogens with zero attached hydrogens (tertiary/aromatic N) is 3. The van der Waals surface area contributed by atoms with Crippen molar-refractivity contribution in [1.82, 2.24) is 15.3 Å². The van der Waals surface area contributed by atoms with Crippen LogP contribution >= 0.6 is 0 Å². The fraction of sp³-hybridized carbons (Fsp3) is 0.143. The number of aromatic nitrogens is 2. The average Bonchev–Trinajstić information content (AvgIpc) is 2.53. The lowest BCUT2D eigenvalue weighted by Gasteiger charge is -2.07. The minimum atomic E-state index is -0.137. The summed E-state index contributed by atoms with van der Waals surface area (Å²) in [4.78, 5) is 19.6. The van der Waals surface area contributed by atoms with Gasteiger partial charge in [-0.05, 0) is 24.3 Å². The number of hydrogen-bond acceptors (Lipinski definition) is 5. The highest BCUT2D eigenvalue weighted by atomic mass is 16.1. The standard InChI is InChI=1S/C14H13N5O/c15-9-11-1-2-13(19-10-11)17-7-8-18-14(20)12-3-5-16-6-4-12/h1-6,10H,7-8H2,(H,17,19)(H,18,20). The molecule has 100 valence electrons. The Bertz CT molecular complexity index is 604. The summed E-state index contributed by atoms with van der Waals surface area (Å²) in [5.41, 5.74) is 1.10. The minimum absolute atomic E-state index is 0.137. The summed E-state index contributed by atoms with van der Waals surface area (Å²) in [5.74, 6) is 0.532. The van der Waals surface area contributed by atoms with Crippen LogP contribution in [0, 0.1) is 11.3 Å². The van der Waals surface area contributed by atoms with Gasteiger partial charge in [0.25, 0.3) is 5.91 Å². The van der Waals surface area contributed by atoms with E-state index >= 15 is 0 Å². The molecule has 0 saturated carbocycles. The highest BCUT2D eigenvalue weighted by molar-refractivity contribution is 5.93. The van der Waals surface area contributed by atoms with Gasteiger partial charge < -0.3 is 10.6 Å². The highest BCUT2D eigenvalue weighted by Crippen LogP contribution is 2.03. The molecule has 6 heteroatoms. The van der Waals surface area contributed by atoms with E-state index in [4.69, 9.17) is 5.26 Å². The van der Waals surface area contributed by atoms with E-state index in [9.17, 15) is 4.79 Å². The van der Waals surface area contributed by atoms with Crippen LogP contribution in [-0.4, -0.2) is 29.0 Å². The molecular weight excluding hydrogens is 254 g/mol. The maximum absolute atomic E-state index is 11.7. The van der Waals surface area contributed by atoms with Crippen LogP contribution in [0.5, 0.6) is 0 Å². The van der Waals surface area contributed by atoms with Crippen LogP contribution in [0.15, 0.2) is 42.9 Å². The van der Waals surface area contributed by atoms with E-state index in [2.05, 4.69) is 20.6 Å². The molecule has 0 spiro atoms. The van der Waals surface area contributed by atoms with E-state index in [0.717, 1.165) is 0 Å². The van der Waals surface area contributed by atoms with Crippen molar-refractivity contribution in [2.45, 2.75) is 0 Å². The summed E-state index contributed by atoms with van der Waals surface area (Å²) in [5, 5.41) is 14.5. The number of nitrogens with one attached hydrogen (secondary N) is 2. The maximum atomic E-state index is 11.7. The fourth-order valence-corrected chi connectivity index (χ4v) is 1.54. The second-order valence-corrected chi connectivity index (χ2v) is 3.96. The van der Waals surface area contributed by atoms with Crippen molar-refractivity contribution < 1.29 is 4.79 Å². The number of nitriles is 1. The molecule has 2 aromatic heterocycles. The van der Waals surface area contributed by atoms with Gasteiger partial charge in [-0.3, -0.25) is 9.78 Å². The summed E-state index contributed by atoms with van der Waals surface area (Å²) in [6.45, 7) is 1.03. The van der Waals surface area contributed by atoms with Crippen LogP contribution in [0.4, 0.5) is 5.82 Å². The van der Waals surface area contributed by atoms with Crippen LogP contribution in [0.2, 0.25) is 0 Å². The lowest BCUT2D eigenvalue weighted by Crippen LogP contribution is -2.28. The third kappa shape index (κ3) is 3.78. The first-order valence-electron chi connectivity index (χ1n) is 6.08. The predicted octanol–water partition coefficient (Wildman–Crippen LogP) is 1.19. The number of rotatable bonds is 5. The topological polar surface area (TPSA) is 90.7 Å². The van der Waals surface area contributed by atoms with Gasteiger partial charge in [0.1, 0.15) is 11.9 Å². The van der Waals surface area contributed by atoms with Crippen molar-refractivity contribution in [1.29, 1.82) is 5.26 Å². The molecule has 0 atom stereocenters. The molecule has 0 bridgehead atoms. The molecule has 0 aromatic carbocycles. The van der Waals surface area contributed by atoms with Gasteiger partial charge in [0.2, 0.25) is 0 Å². The lowest BCUT2D eigenvalue weighted by atomic mass is 10.2. The normalized spacial score (nSPS) is 9.55. The van der Waals surface area contributed by atoms with Crippen molar-refractivity contribution in [3.8, 4) is 6.07 Å². The molecule has 0 fully saturated rings. The Morgan fingerprint density at radius 1 is 1.20 bits per heavy atom. The Morgan fingerprint density at radius 2 is 2.00 bits per heavy atom. The second kappa shape index (κ2) is 6.85. The zero-order valence-corrected chi connectivity index (χ0v) is 10.7. The number of amides is 1. The monoisotopic (exact) mass is 267 g/mol. The van der Waals surface area contributed by atoms with Gasteiger partial charge in [0, 0.05) is 37.2 Å². The molecule has 2 heterocycles. The smallest absolute Gasteiger partial charge is 0.251 e. The van der Waals surface area contributed by atoms with Crippen molar-refractivity contribution >= 4 is 11.7 Å². The Morgan fingerprint density at radius 3 is 2.65 bits per heavy atom. The fourth-order valence-electron chi connectivity index (χ4n) is 1.54. The summed E-state index contributed by atoms with van der Waals surface area (Å²) >= 11 is 0. The largest absolute Gasteiger partial charge is 0.368 e. The summed E-state index contributed by atoms with van der Waals surface area (Å²) in [6, 6.07) is 8.73. The Kier molecular flexibility index (Phi) is 4.62. The average molecular weight is 267 g/mol. The first-order chi connectivity index (χ1) is 9.79.